The highest BCUT2D eigenvalue weighted by Crippen LogP contribution is 2.47. The summed E-state index contributed by atoms with van der Waals surface area (Å²) in [5.41, 5.74) is 0. The van der Waals surface area contributed by atoms with Gasteiger partial charge in [-0.1, -0.05) is 6.92 Å². The molecule has 96 valence electrons. The molecule has 0 amide bonds. The summed E-state index contributed by atoms with van der Waals surface area (Å²) in [4.78, 5) is 0. The van der Waals surface area contributed by atoms with E-state index in [1.807, 2.05) is 12.1 Å². The average Bonchev–Trinajstić information content (AvgIpc) is 2.83. The summed E-state index contributed by atoms with van der Waals surface area (Å²) in [6.07, 6.45) is -3.17. The van der Waals surface area contributed by atoms with Gasteiger partial charge in [0.2, 0.25) is 0 Å². The number of alkyl halides is 2. The van der Waals surface area contributed by atoms with Crippen LogP contribution in [0.5, 0.6) is 0 Å². The molecule has 3 unspecified atom stereocenters. The monoisotopic (exact) mass is 245 g/mol. The van der Waals surface area contributed by atoms with Crippen molar-refractivity contribution < 1.29 is 18.3 Å². The van der Waals surface area contributed by atoms with Crippen LogP contribution in [0.25, 0.3) is 0 Å². The van der Waals surface area contributed by atoms with Crippen LogP contribution in [0.2, 0.25) is 0 Å². The van der Waals surface area contributed by atoms with Gasteiger partial charge in [0.05, 0.1) is 6.54 Å². The highest BCUT2D eigenvalue weighted by molar-refractivity contribution is 5.17. The number of rotatable bonds is 6. The summed E-state index contributed by atoms with van der Waals surface area (Å²) in [6.45, 7) is 2.41. The summed E-state index contributed by atoms with van der Waals surface area (Å²) in [5, 5.41) is 11.6. The maximum Gasteiger partial charge on any atom is 0.265 e. The van der Waals surface area contributed by atoms with Crippen molar-refractivity contribution in [1.82, 2.24) is 5.32 Å². The van der Waals surface area contributed by atoms with E-state index in [9.17, 15) is 8.78 Å². The van der Waals surface area contributed by atoms with Gasteiger partial charge < -0.3 is 14.8 Å². The number of aliphatic hydroxyl groups is 1. The van der Waals surface area contributed by atoms with E-state index >= 15 is 0 Å². The average molecular weight is 245 g/mol. The Morgan fingerprint density at radius 1 is 1.53 bits per heavy atom. The van der Waals surface area contributed by atoms with Crippen LogP contribution in [0.15, 0.2) is 16.5 Å². The predicted molar refractivity (Wildman–Crippen MR) is 58.9 cm³/mol. The van der Waals surface area contributed by atoms with E-state index in [2.05, 4.69) is 12.2 Å². The highest BCUT2D eigenvalue weighted by atomic mass is 19.3. The lowest BCUT2D eigenvalue weighted by atomic mass is 10.3. The molecule has 1 saturated carbocycles. The van der Waals surface area contributed by atoms with Crippen molar-refractivity contribution >= 4 is 0 Å². The summed E-state index contributed by atoms with van der Waals surface area (Å²) in [5.74, 6) is 2.90. The molecule has 1 heterocycles. The van der Waals surface area contributed by atoms with Crippen LogP contribution in [0.4, 0.5) is 8.78 Å². The van der Waals surface area contributed by atoms with E-state index in [1.54, 1.807) is 0 Å². The third-order valence-corrected chi connectivity index (χ3v) is 3.10. The molecule has 1 aromatic rings. The Bertz CT molecular complexity index is 367. The molecule has 2 N–H and O–H groups in total. The number of nitrogens with one attached hydrogen (secondary N) is 1. The van der Waals surface area contributed by atoms with Crippen molar-refractivity contribution in [3.8, 4) is 0 Å². The Labute approximate surface area is 98.8 Å². The summed E-state index contributed by atoms with van der Waals surface area (Å²) in [6, 6.07) is 3.79. The van der Waals surface area contributed by atoms with Crippen molar-refractivity contribution in [1.29, 1.82) is 0 Å². The molecule has 0 aliphatic heterocycles. The van der Waals surface area contributed by atoms with Crippen LogP contribution < -0.4 is 5.32 Å². The van der Waals surface area contributed by atoms with E-state index in [-0.39, 0.29) is 6.54 Å². The zero-order chi connectivity index (χ0) is 12.4. The number of hydrogen-bond donors (Lipinski definition) is 2. The third kappa shape index (κ3) is 3.26. The van der Waals surface area contributed by atoms with Crippen molar-refractivity contribution in [2.45, 2.75) is 38.3 Å². The first-order chi connectivity index (χ1) is 8.08. The number of aliphatic hydroxyl groups excluding tert-OH is 1. The second-order valence-corrected chi connectivity index (χ2v) is 4.66. The van der Waals surface area contributed by atoms with Gasteiger partial charge in [-0.2, -0.15) is 0 Å². The molecule has 17 heavy (non-hydrogen) atoms. The summed E-state index contributed by atoms with van der Waals surface area (Å²) >= 11 is 0. The lowest BCUT2D eigenvalue weighted by molar-refractivity contribution is -0.00360. The molecule has 0 aromatic carbocycles. The van der Waals surface area contributed by atoms with Gasteiger partial charge in [0.15, 0.2) is 0 Å². The normalized spacial score (nSPS) is 25.2. The Hall–Kier alpha value is -0.940. The summed E-state index contributed by atoms with van der Waals surface area (Å²) < 4.78 is 29.6. The molecule has 0 spiro atoms. The standard InChI is InChI=1S/C12H17F2NO2/c1-7-4-9(7)11-3-2-8(17-11)5-15-6-10(16)12(13)14/h2-3,7,9-10,12,15-16H,4-6H2,1H3. The van der Waals surface area contributed by atoms with E-state index in [0.717, 1.165) is 17.9 Å². The van der Waals surface area contributed by atoms with Crippen LogP contribution in [-0.2, 0) is 6.54 Å². The smallest absolute Gasteiger partial charge is 0.265 e. The molecule has 1 aromatic heterocycles. The SMILES string of the molecule is CC1CC1c1ccc(CNCC(O)C(F)F)o1. The molecule has 1 aliphatic rings. The first kappa shape index (κ1) is 12.5. The topological polar surface area (TPSA) is 45.4 Å². The fraction of sp³-hybridized carbons (Fsp3) is 0.667. The van der Waals surface area contributed by atoms with E-state index < -0.39 is 12.5 Å². The maximum absolute atomic E-state index is 12.0. The Morgan fingerprint density at radius 3 is 2.82 bits per heavy atom. The van der Waals surface area contributed by atoms with Crippen molar-refractivity contribution in [3.63, 3.8) is 0 Å². The van der Waals surface area contributed by atoms with Crippen LogP contribution in [0.1, 0.15) is 30.8 Å². The van der Waals surface area contributed by atoms with Crippen molar-refractivity contribution in [2.75, 3.05) is 6.54 Å². The van der Waals surface area contributed by atoms with Crippen LogP contribution in [0, 0.1) is 5.92 Å². The molecule has 1 aliphatic carbocycles. The second kappa shape index (κ2) is 5.14. The number of hydrogen-bond acceptors (Lipinski definition) is 3. The van der Waals surface area contributed by atoms with Gasteiger partial charge in [-0.05, 0) is 24.5 Å². The van der Waals surface area contributed by atoms with Gasteiger partial charge in [-0.3, -0.25) is 0 Å². The van der Waals surface area contributed by atoms with Gasteiger partial charge in [-0.15, -0.1) is 0 Å². The fourth-order valence-electron chi connectivity index (χ4n) is 1.84. The van der Waals surface area contributed by atoms with Gasteiger partial charge in [0.1, 0.15) is 17.6 Å². The second-order valence-electron chi connectivity index (χ2n) is 4.66. The molecular weight excluding hydrogens is 228 g/mol. The molecule has 5 heteroatoms. The first-order valence-electron chi connectivity index (χ1n) is 5.83. The molecule has 3 nitrogen and oxygen atoms in total. The Balaban J connectivity index is 1.74. The summed E-state index contributed by atoms with van der Waals surface area (Å²) in [7, 11) is 0. The highest BCUT2D eigenvalue weighted by Gasteiger charge is 2.36. The van der Waals surface area contributed by atoms with E-state index in [0.29, 0.717) is 18.4 Å². The first-order valence-corrected chi connectivity index (χ1v) is 5.83. The largest absolute Gasteiger partial charge is 0.464 e. The Kier molecular flexibility index (Phi) is 3.79. The van der Waals surface area contributed by atoms with Gasteiger partial charge >= 0.3 is 0 Å². The molecule has 2 rings (SSSR count). The minimum absolute atomic E-state index is 0.131. The zero-order valence-electron chi connectivity index (χ0n) is 9.70. The van der Waals surface area contributed by atoms with Crippen LogP contribution in [-0.4, -0.2) is 24.2 Å². The minimum atomic E-state index is -2.71. The lowest BCUT2D eigenvalue weighted by Gasteiger charge is -2.09. The molecule has 1 fully saturated rings. The van der Waals surface area contributed by atoms with Crippen molar-refractivity contribution in [3.05, 3.63) is 23.7 Å². The van der Waals surface area contributed by atoms with E-state index in [1.165, 1.54) is 0 Å². The molecule has 0 radical (unpaired) electrons. The predicted octanol–water partition coefficient (Wildman–Crippen LogP) is 2.12. The lowest BCUT2D eigenvalue weighted by Crippen LogP contribution is -2.31. The Morgan fingerprint density at radius 2 is 2.24 bits per heavy atom. The molecule has 0 bridgehead atoms. The number of halogens is 2. The number of furan rings is 1. The minimum Gasteiger partial charge on any atom is -0.464 e. The van der Waals surface area contributed by atoms with Crippen LogP contribution in [0.3, 0.4) is 0 Å². The quantitative estimate of drug-likeness (QED) is 0.807. The van der Waals surface area contributed by atoms with Crippen molar-refractivity contribution in [2.24, 2.45) is 5.92 Å². The third-order valence-electron chi connectivity index (χ3n) is 3.10. The van der Waals surface area contributed by atoms with Crippen LogP contribution >= 0.6 is 0 Å². The fourth-order valence-corrected chi connectivity index (χ4v) is 1.84. The van der Waals surface area contributed by atoms with Gasteiger partial charge in [0.25, 0.3) is 6.43 Å². The zero-order valence-corrected chi connectivity index (χ0v) is 9.70. The molecule has 0 saturated heterocycles. The molecular formula is C12H17F2NO2. The van der Waals surface area contributed by atoms with E-state index in [4.69, 9.17) is 9.52 Å². The van der Waals surface area contributed by atoms with Gasteiger partial charge in [0, 0.05) is 12.5 Å². The maximum atomic E-state index is 12.0. The molecule has 3 atom stereocenters. The van der Waals surface area contributed by atoms with Gasteiger partial charge in [-0.25, -0.2) is 8.78 Å².